The third kappa shape index (κ3) is 2.60. The van der Waals surface area contributed by atoms with Gasteiger partial charge in [-0.25, -0.2) is 0 Å². The van der Waals surface area contributed by atoms with Gasteiger partial charge >= 0.3 is 0 Å². The van der Waals surface area contributed by atoms with Crippen molar-refractivity contribution >= 4 is 5.69 Å². The van der Waals surface area contributed by atoms with Gasteiger partial charge in [-0.15, -0.1) is 0 Å². The summed E-state index contributed by atoms with van der Waals surface area (Å²) in [4.78, 5) is 6.80. The van der Waals surface area contributed by atoms with Crippen LogP contribution in [0, 0.1) is 0 Å². The minimum atomic E-state index is -0.499. The Bertz CT molecular complexity index is 417. The molecule has 1 N–H and O–H groups in total. The minimum Gasteiger partial charge on any atom is -0.387 e. The standard InChI is InChI=1S/C15H22N2O2/c1-11(18)13-7-6-12(10-16-13)17-8-9-19-15-5-3-2-4-14(15)17/h6-7,10-11,14-15,18H,2-5,8-9H2,1H3. The Morgan fingerprint density at radius 2 is 2.21 bits per heavy atom. The Balaban J connectivity index is 1.79. The van der Waals surface area contributed by atoms with Crippen LogP contribution < -0.4 is 4.90 Å². The molecule has 3 unspecified atom stereocenters. The fraction of sp³-hybridized carbons (Fsp3) is 0.667. The maximum absolute atomic E-state index is 9.52. The van der Waals surface area contributed by atoms with Crippen molar-refractivity contribution in [2.24, 2.45) is 0 Å². The third-order valence-electron chi connectivity index (χ3n) is 4.26. The Morgan fingerprint density at radius 3 is 2.95 bits per heavy atom. The van der Waals surface area contributed by atoms with Gasteiger partial charge in [0.05, 0.1) is 42.4 Å². The van der Waals surface area contributed by atoms with E-state index in [9.17, 15) is 5.11 Å². The molecule has 0 bridgehead atoms. The Labute approximate surface area is 114 Å². The molecule has 0 spiro atoms. The molecule has 1 aliphatic carbocycles. The molecule has 2 heterocycles. The molecule has 4 heteroatoms. The lowest BCUT2D eigenvalue weighted by molar-refractivity contribution is -0.00870. The van der Waals surface area contributed by atoms with Crippen LogP contribution in [0.2, 0.25) is 0 Å². The van der Waals surface area contributed by atoms with Crippen LogP contribution in [0.4, 0.5) is 5.69 Å². The fourth-order valence-electron chi connectivity index (χ4n) is 3.23. The van der Waals surface area contributed by atoms with E-state index in [1.54, 1.807) is 6.92 Å². The van der Waals surface area contributed by atoms with Crippen molar-refractivity contribution in [3.05, 3.63) is 24.0 Å². The molecule has 1 aromatic heterocycles. The zero-order chi connectivity index (χ0) is 13.2. The summed E-state index contributed by atoms with van der Waals surface area (Å²) in [6.07, 6.45) is 6.75. The highest BCUT2D eigenvalue weighted by molar-refractivity contribution is 5.46. The van der Waals surface area contributed by atoms with E-state index < -0.39 is 6.10 Å². The summed E-state index contributed by atoms with van der Waals surface area (Å²) in [5, 5.41) is 9.52. The number of aliphatic hydroxyl groups excluding tert-OH is 1. The number of aliphatic hydroxyl groups is 1. The van der Waals surface area contributed by atoms with Crippen molar-refractivity contribution in [1.82, 2.24) is 4.98 Å². The van der Waals surface area contributed by atoms with E-state index in [1.807, 2.05) is 12.3 Å². The number of aromatic nitrogens is 1. The van der Waals surface area contributed by atoms with Crippen LogP contribution in [0.25, 0.3) is 0 Å². The van der Waals surface area contributed by atoms with Gasteiger partial charge in [-0.2, -0.15) is 0 Å². The van der Waals surface area contributed by atoms with E-state index in [-0.39, 0.29) is 0 Å². The lowest BCUT2D eigenvalue weighted by atomic mass is 9.90. The van der Waals surface area contributed by atoms with Crippen LogP contribution in [0.3, 0.4) is 0 Å². The minimum absolute atomic E-state index is 0.388. The smallest absolute Gasteiger partial charge is 0.0931 e. The monoisotopic (exact) mass is 262 g/mol. The number of morpholine rings is 1. The number of anilines is 1. The first kappa shape index (κ1) is 12.9. The lowest BCUT2D eigenvalue weighted by Gasteiger charge is -2.45. The second kappa shape index (κ2) is 5.47. The molecule has 0 aromatic carbocycles. The number of nitrogens with zero attached hydrogens (tertiary/aromatic N) is 2. The van der Waals surface area contributed by atoms with E-state index in [0.717, 1.165) is 24.5 Å². The first-order valence-corrected chi connectivity index (χ1v) is 7.28. The van der Waals surface area contributed by atoms with E-state index in [0.29, 0.717) is 12.1 Å². The summed E-state index contributed by atoms with van der Waals surface area (Å²) in [7, 11) is 0. The number of rotatable bonds is 2. The highest BCUT2D eigenvalue weighted by Crippen LogP contribution is 2.31. The Hall–Kier alpha value is -1.13. The molecule has 2 fully saturated rings. The van der Waals surface area contributed by atoms with Gasteiger partial charge in [0.15, 0.2) is 0 Å². The number of hydrogen-bond donors (Lipinski definition) is 1. The number of hydrogen-bond acceptors (Lipinski definition) is 4. The summed E-state index contributed by atoms with van der Waals surface area (Å²) in [5.74, 6) is 0. The Kier molecular flexibility index (Phi) is 3.71. The molecule has 4 nitrogen and oxygen atoms in total. The van der Waals surface area contributed by atoms with E-state index in [1.165, 1.54) is 25.7 Å². The summed E-state index contributed by atoms with van der Waals surface area (Å²) in [6.45, 7) is 3.49. The molecule has 1 saturated carbocycles. The maximum atomic E-state index is 9.52. The molecular weight excluding hydrogens is 240 g/mol. The predicted molar refractivity (Wildman–Crippen MR) is 74.2 cm³/mol. The molecule has 3 atom stereocenters. The lowest BCUT2D eigenvalue weighted by Crippen LogP contribution is -2.52. The zero-order valence-corrected chi connectivity index (χ0v) is 11.5. The van der Waals surface area contributed by atoms with Crippen LogP contribution in [0.5, 0.6) is 0 Å². The second-order valence-corrected chi connectivity index (χ2v) is 5.57. The van der Waals surface area contributed by atoms with Gasteiger partial charge in [0.25, 0.3) is 0 Å². The predicted octanol–water partition coefficient (Wildman–Crippen LogP) is 2.28. The van der Waals surface area contributed by atoms with Crippen LogP contribution >= 0.6 is 0 Å². The summed E-state index contributed by atoms with van der Waals surface area (Å²) < 4.78 is 5.89. The van der Waals surface area contributed by atoms with Crippen LogP contribution in [-0.4, -0.2) is 35.4 Å². The molecule has 1 aromatic rings. The molecule has 0 radical (unpaired) electrons. The van der Waals surface area contributed by atoms with E-state index in [4.69, 9.17) is 4.74 Å². The molecular formula is C15H22N2O2. The maximum Gasteiger partial charge on any atom is 0.0931 e. The third-order valence-corrected chi connectivity index (χ3v) is 4.26. The molecule has 19 heavy (non-hydrogen) atoms. The zero-order valence-electron chi connectivity index (χ0n) is 11.5. The summed E-state index contributed by atoms with van der Waals surface area (Å²) in [5.41, 5.74) is 1.89. The van der Waals surface area contributed by atoms with Gasteiger partial charge in [-0.1, -0.05) is 12.8 Å². The van der Waals surface area contributed by atoms with Crippen LogP contribution in [0.1, 0.15) is 44.4 Å². The van der Waals surface area contributed by atoms with E-state index in [2.05, 4.69) is 16.0 Å². The van der Waals surface area contributed by atoms with Gasteiger partial charge in [-0.05, 0) is 31.9 Å². The van der Waals surface area contributed by atoms with Gasteiger partial charge in [-0.3, -0.25) is 4.98 Å². The number of ether oxygens (including phenoxy) is 1. The van der Waals surface area contributed by atoms with Crippen LogP contribution in [0.15, 0.2) is 18.3 Å². The molecule has 104 valence electrons. The average Bonchev–Trinajstić information content (AvgIpc) is 2.47. The van der Waals surface area contributed by atoms with Gasteiger partial charge < -0.3 is 14.7 Å². The largest absolute Gasteiger partial charge is 0.387 e. The molecule has 3 rings (SSSR count). The summed E-state index contributed by atoms with van der Waals surface area (Å²) in [6, 6.07) is 4.50. The van der Waals surface area contributed by atoms with Gasteiger partial charge in [0, 0.05) is 6.54 Å². The van der Waals surface area contributed by atoms with Crippen molar-refractivity contribution in [3.63, 3.8) is 0 Å². The highest BCUT2D eigenvalue weighted by Gasteiger charge is 2.34. The van der Waals surface area contributed by atoms with Crippen molar-refractivity contribution in [2.75, 3.05) is 18.1 Å². The van der Waals surface area contributed by atoms with Crippen LogP contribution in [-0.2, 0) is 4.74 Å². The van der Waals surface area contributed by atoms with Gasteiger partial charge in [0.1, 0.15) is 0 Å². The summed E-state index contributed by atoms with van der Waals surface area (Å²) >= 11 is 0. The van der Waals surface area contributed by atoms with Crippen molar-refractivity contribution in [2.45, 2.75) is 50.9 Å². The fourth-order valence-corrected chi connectivity index (χ4v) is 3.23. The first-order chi connectivity index (χ1) is 9.25. The normalized spacial score (nSPS) is 28.8. The second-order valence-electron chi connectivity index (χ2n) is 5.57. The highest BCUT2D eigenvalue weighted by atomic mass is 16.5. The number of fused-ring (bicyclic) bond motifs is 1. The average molecular weight is 262 g/mol. The topological polar surface area (TPSA) is 45.6 Å². The van der Waals surface area contributed by atoms with Crippen molar-refractivity contribution in [1.29, 1.82) is 0 Å². The molecule has 1 saturated heterocycles. The van der Waals surface area contributed by atoms with Crippen molar-refractivity contribution in [3.8, 4) is 0 Å². The quantitative estimate of drug-likeness (QED) is 0.888. The SMILES string of the molecule is CC(O)c1ccc(N2CCOC3CCCCC32)cn1. The van der Waals surface area contributed by atoms with Gasteiger partial charge in [0.2, 0.25) is 0 Å². The van der Waals surface area contributed by atoms with E-state index >= 15 is 0 Å². The number of pyridine rings is 1. The molecule has 0 amide bonds. The Morgan fingerprint density at radius 1 is 1.37 bits per heavy atom. The molecule has 2 aliphatic rings. The molecule has 1 aliphatic heterocycles. The van der Waals surface area contributed by atoms with Crippen molar-refractivity contribution < 1.29 is 9.84 Å². The first-order valence-electron chi connectivity index (χ1n) is 7.28.